The smallest absolute Gasteiger partial charge is 0.387 e. The standard InChI is InChI=1S/C21H18F2N4O/c22-21(23)28-17-6-7-19-18(10-17)20(14(11-24)12-25-19)27-9-8-16(13-27)26-15-4-2-1-3-5-15/h1-7,10,12,16,21,26H,8-9,13H2. The molecule has 1 N–H and O–H groups in total. The van der Waals surface area contributed by atoms with Crippen molar-refractivity contribution in [3.05, 3.63) is 60.3 Å². The predicted octanol–water partition coefficient (Wildman–Crippen LogP) is 4.40. The molecule has 2 aromatic carbocycles. The van der Waals surface area contributed by atoms with Crippen LogP contribution in [0.15, 0.2) is 54.7 Å². The monoisotopic (exact) mass is 380 g/mol. The van der Waals surface area contributed by atoms with Gasteiger partial charge in [0.05, 0.1) is 16.8 Å². The highest BCUT2D eigenvalue weighted by Gasteiger charge is 2.26. The molecule has 0 aliphatic carbocycles. The summed E-state index contributed by atoms with van der Waals surface area (Å²) in [5.41, 5.74) is 2.81. The van der Waals surface area contributed by atoms with E-state index in [0.29, 0.717) is 28.7 Å². The maximum Gasteiger partial charge on any atom is 0.387 e. The molecule has 7 heteroatoms. The van der Waals surface area contributed by atoms with Crippen molar-refractivity contribution < 1.29 is 13.5 Å². The minimum atomic E-state index is -2.90. The fourth-order valence-corrected chi connectivity index (χ4v) is 3.61. The van der Waals surface area contributed by atoms with Gasteiger partial charge in [0.25, 0.3) is 0 Å². The zero-order valence-electron chi connectivity index (χ0n) is 15.0. The fourth-order valence-electron chi connectivity index (χ4n) is 3.61. The van der Waals surface area contributed by atoms with Gasteiger partial charge in [-0.05, 0) is 36.8 Å². The Labute approximate surface area is 161 Å². The van der Waals surface area contributed by atoms with E-state index in [4.69, 9.17) is 0 Å². The Morgan fingerprint density at radius 1 is 1.21 bits per heavy atom. The van der Waals surface area contributed by atoms with Crippen LogP contribution in [0.25, 0.3) is 10.9 Å². The quantitative estimate of drug-likeness (QED) is 0.711. The lowest BCUT2D eigenvalue weighted by molar-refractivity contribution is -0.0497. The highest BCUT2D eigenvalue weighted by atomic mass is 19.3. The van der Waals surface area contributed by atoms with E-state index in [0.717, 1.165) is 18.7 Å². The zero-order chi connectivity index (χ0) is 19.5. The van der Waals surface area contributed by atoms with Crippen LogP contribution in [0.2, 0.25) is 0 Å². The molecule has 1 fully saturated rings. The Morgan fingerprint density at radius 3 is 2.79 bits per heavy atom. The first-order valence-corrected chi connectivity index (χ1v) is 8.98. The first-order valence-electron chi connectivity index (χ1n) is 8.98. The van der Waals surface area contributed by atoms with Crippen LogP contribution < -0.4 is 15.0 Å². The van der Waals surface area contributed by atoms with Gasteiger partial charge in [-0.15, -0.1) is 0 Å². The van der Waals surface area contributed by atoms with E-state index in [1.54, 1.807) is 6.07 Å². The number of alkyl halides is 2. The van der Waals surface area contributed by atoms with Crippen LogP contribution in [0.5, 0.6) is 5.75 Å². The van der Waals surface area contributed by atoms with E-state index in [1.807, 2.05) is 30.3 Å². The molecule has 142 valence electrons. The van der Waals surface area contributed by atoms with E-state index in [-0.39, 0.29) is 11.8 Å². The summed E-state index contributed by atoms with van der Waals surface area (Å²) in [5.74, 6) is 0.0544. The van der Waals surface area contributed by atoms with Gasteiger partial charge in [-0.25, -0.2) is 0 Å². The zero-order valence-corrected chi connectivity index (χ0v) is 15.0. The highest BCUT2D eigenvalue weighted by Crippen LogP contribution is 2.34. The molecule has 1 aromatic heterocycles. The topological polar surface area (TPSA) is 61.2 Å². The lowest BCUT2D eigenvalue weighted by Crippen LogP contribution is -2.26. The van der Waals surface area contributed by atoms with Gasteiger partial charge >= 0.3 is 6.61 Å². The third-order valence-electron chi connectivity index (χ3n) is 4.81. The van der Waals surface area contributed by atoms with Crippen molar-refractivity contribution in [1.29, 1.82) is 5.26 Å². The van der Waals surface area contributed by atoms with Crippen LogP contribution in [-0.2, 0) is 0 Å². The van der Waals surface area contributed by atoms with Gasteiger partial charge in [0, 0.05) is 36.4 Å². The maximum atomic E-state index is 12.6. The van der Waals surface area contributed by atoms with Crippen molar-refractivity contribution in [2.75, 3.05) is 23.3 Å². The number of ether oxygens (including phenoxy) is 1. The molecule has 5 nitrogen and oxygen atoms in total. The molecule has 0 saturated carbocycles. The molecule has 1 saturated heterocycles. The van der Waals surface area contributed by atoms with E-state index < -0.39 is 6.61 Å². The molecule has 1 atom stereocenters. The number of nitrogens with zero attached hydrogens (tertiary/aromatic N) is 3. The lowest BCUT2D eigenvalue weighted by atomic mass is 10.1. The van der Waals surface area contributed by atoms with Gasteiger partial charge < -0.3 is 15.0 Å². The molecule has 1 aliphatic rings. The number of aromatic nitrogens is 1. The van der Waals surface area contributed by atoms with Crippen LogP contribution in [-0.4, -0.2) is 30.7 Å². The number of benzene rings is 2. The van der Waals surface area contributed by atoms with Gasteiger partial charge in [-0.2, -0.15) is 14.0 Å². The highest BCUT2D eigenvalue weighted by molar-refractivity contribution is 5.95. The predicted molar refractivity (Wildman–Crippen MR) is 104 cm³/mol. The Kier molecular flexibility index (Phi) is 4.94. The number of nitrogens with one attached hydrogen (secondary N) is 1. The SMILES string of the molecule is N#Cc1cnc2ccc(OC(F)F)cc2c1N1CCC(Nc2ccccc2)C1. The summed E-state index contributed by atoms with van der Waals surface area (Å²) in [7, 11) is 0. The summed E-state index contributed by atoms with van der Waals surface area (Å²) < 4.78 is 29.8. The molecule has 2 heterocycles. The summed E-state index contributed by atoms with van der Waals surface area (Å²) in [6.45, 7) is -1.46. The van der Waals surface area contributed by atoms with Crippen molar-refractivity contribution in [3.8, 4) is 11.8 Å². The summed E-state index contributed by atoms with van der Waals surface area (Å²) >= 11 is 0. The fraction of sp³-hybridized carbons (Fsp3) is 0.238. The van der Waals surface area contributed by atoms with Gasteiger partial charge in [-0.3, -0.25) is 4.98 Å². The molecular formula is C21H18F2N4O. The maximum absolute atomic E-state index is 12.6. The third-order valence-corrected chi connectivity index (χ3v) is 4.81. The number of anilines is 2. The van der Waals surface area contributed by atoms with Gasteiger partial charge in [0.15, 0.2) is 0 Å². The van der Waals surface area contributed by atoms with E-state index in [1.165, 1.54) is 18.3 Å². The second-order valence-corrected chi connectivity index (χ2v) is 6.63. The molecule has 0 spiro atoms. The van der Waals surface area contributed by atoms with Crippen molar-refractivity contribution in [2.24, 2.45) is 0 Å². The molecule has 0 radical (unpaired) electrons. The number of hydrogen-bond acceptors (Lipinski definition) is 5. The van der Waals surface area contributed by atoms with Crippen LogP contribution >= 0.6 is 0 Å². The Hall–Kier alpha value is -3.40. The van der Waals surface area contributed by atoms with E-state index in [9.17, 15) is 14.0 Å². The molecule has 3 aromatic rings. The van der Waals surface area contributed by atoms with Crippen molar-refractivity contribution in [1.82, 2.24) is 4.98 Å². The van der Waals surface area contributed by atoms with Gasteiger partial charge in [-0.1, -0.05) is 18.2 Å². The molecule has 0 bridgehead atoms. The Balaban J connectivity index is 1.66. The van der Waals surface area contributed by atoms with E-state index in [2.05, 4.69) is 26.0 Å². The number of rotatable bonds is 5. The third kappa shape index (κ3) is 3.67. The summed E-state index contributed by atoms with van der Waals surface area (Å²) in [6.07, 6.45) is 2.43. The normalized spacial score (nSPS) is 16.4. The number of halogens is 2. The van der Waals surface area contributed by atoms with E-state index >= 15 is 0 Å². The van der Waals surface area contributed by atoms with Crippen LogP contribution in [0.1, 0.15) is 12.0 Å². The molecule has 28 heavy (non-hydrogen) atoms. The van der Waals surface area contributed by atoms with Crippen LogP contribution in [0.3, 0.4) is 0 Å². The molecular weight excluding hydrogens is 362 g/mol. The minimum absolute atomic E-state index is 0.0544. The van der Waals surface area contributed by atoms with Crippen LogP contribution in [0.4, 0.5) is 20.2 Å². The van der Waals surface area contributed by atoms with Gasteiger partial charge in [0.1, 0.15) is 11.8 Å². The second-order valence-electron chi connectivity index (χ2n) is 6.63. The number of nitriles is 1. The molecule has 0 amide bonds. The largest absolute Gasteiger partial charge is 0.435 e. The molecule has 1 unspecified atom stereocenters. The first-order chi connectivity index (χ1) is 13.6. The average molecular weight is 380 g/mol. The Morgan fingerprint density at radius 2 is 2.04 bits per heavy atom. The number of para-hydroxylation sites is 1. The summed E-state index contributed by atoms with van der Waals surface area (Å²) in [4.78, 5) is 6.39. The summed E-state index contributed by atoms with van der Waals surface area (Å²) in [5, 5.41) is 13.7. The molecule has 4 rings (SSSR count). The summed E-state index contributed by atoms with van der Waals surface area (Å²) in [6, 6.07) is 17.0. The number of pyridine rings is 1. The van der Waals surface area contributed by atoms with Crippen molar-refractivity contribution >= 4 is 22.3 Å². The first kappa shape index (κ1) is 18.0. The number of hydrogen-bond donors (Lipinski definition) is 1. The molecule has 1 aliphatic heterocycles. The van der Waals surface area contributed by atoms with Crippen molar-refractivity contribution in [3.63, 3.8) is 0 Å². The van der Waals surface area contributed by atoms with Crippen LogP contribution in [0, 0.1) is 11.3 Å². The average Bonchev–Trinajstić information content (AvgIpc) is 3.15. The Bertz CT molecular complexity index is 1020. The van der Waals surface area contributed by atoms with Crippen molar-refractivity contribution in [2.45, 2.75) is 19.1 Å². The lowest BCUT2D eigenvalue weighted by Gasteiger charge is -2.22. The van der Waals surface area contributed by atoms with Gasteiger partial charge in [0.2, 0.25) is 0 Å². The number of fused-ring (bicyclic) bond motifs is 1. The minimum Gasteiger partial charge on any atom is -0.435 e. The second kappa shape index (κ2) is 7.69.